The fraction of sp³-hybridized carbons (Fsp3) is 0.385. The molecule has 0 N–H and O–H groups in total. The van der Waals surface area contributed by atoms with Crippen molar-refractivity contribution >= 4 is 0 Å². The Morgan fingerprint density at radius 2 is 1.76 bits per heavy atom. The Kier molecular flexibility index (Phi) is 5.58. The van der Waals surface area contributed by atoms with Gasteiger partial charge in [0.15, 0.2) is 0 Å². The van der Waals surface area contributed by atoms with Gasteiger partial charge in [0, 0.05) is 6.42 Å². The van der Waals surface area contributed by atoms with Gasteiger partial charge in [-0.1, -0.05) is 36.3 Å². The van der Waals surface area contributed by atoms with Gasteiger partial charge in [-0.05, 0) is 5.56 Å². The molecule has 0 amide bonds. The molecule has 0 saturated carbocycles. The van der Waals surface area contributed by atoms with Crippen molar-refractivity contribution in [3.63, 3.8) is 0 Å². The molecule has 0 fully saturated rings. The maximum absolute atomic E-state index is 11.7. The first-order valence-corrected chi connectivity index (χ1v) is 5.22. The summed E-state index contributed by atoms with van der Waals surface area (Å²) in [6.07, 6.45) is -4.92. The SMILES string of the molecule is FC(F)(F)CC#CCCOCc1ccccc1. The van der Waals surface area contributed by atoms with Crippen LogP contribution in [0.5, 0.6) is 0 Å². The minimum Gasteiger partial charge on any atom is -0.376 e. The Morgan fingerprint density at radius 3 is 2.41 bits per heavy atom. The lowest BCUT2D eigenvalue weighted by atomic mass is 10.2. The summed E-state index contributed by atoms with van der Waals surface area (Å²) in [7, 11) is 0. The second kappa shape index (κ2) is 6.97. The fourth-order valence-corrected chi connectivity index (χ4v) is 1.14. The van der Waals surface area contributed by atoms with E-state index in [0.717, 1.165) is 5.56 Å². The van der Waals surface area contributed by atoms with Crippen LogP contribution < -0.4 is 0 Å². The average Bonchev–Trinajstić information content (AvgIpc) is 2.28. The van der Waals surface area contributed by atoms with Crippen LogP contribution in [0.4, 0.5) is 13.2 Å². The quantitative estimate of drug-likeness (QED) is 0.579. The number of rotatable bonds is 4. The molecule has 4 heteroatoms. The van der Waals surface area contributed by atoms with Gasteiger partial charge in [-0.15, -0.1) is 5.92 Å². The van der Waals surface area contributed by atoms with Crippen molar-refractivity contribution in [2.75, 3.05) is 6.61 Å². The molecule has 0 bridgehead atoms. The third kappa shape index (κ3) is 7.42. The van der Waals surface area contributed by atoms with Gasteiger partial charge in [0.05, 0.1) is 13.2 Å². The molecule has 0 radical (unpaired) electrons. The van der Waals surface area contributed by atoms with Crippen molar-refractivity contribution in [1.82, 2.24) is 0 Å². The molecule has 1 aromatic rings. The Labute approximate surface area is 98.6 Å². The third-order valence-electron chi connectivity index (χ3n) is 1.90. The topological polar surface area (TPSA) is 9.23 Å². The van der Waals surface area contributed by atoms with Crippen LogP contribution in [0.3, 0.4) is 0 Å². The minimum absolute atomic E-state index is 0.322. The summed E-state index contributed by atoms with van der Waals surface area (Å²) in [4.78, 5) is 0. The van der Waals surface area contributed by atoms with Crippen LogP contribution in [0, 0.1) is 11.8 Å². The van der Waals surface area contributed by atoms with Gasteiger partial charge < -0.3 is 4.74 Å². The number of hydrogen-bond acceptors (Lipinski definition) is 1. The third-order valence-corrected chi connectivity index (χ3v) is 1.90. The van der Waals surface area contributed by atoms with Crippen LogP contribution >= 0.6 is 0 Å². The van der Waals surface area contributed by atoms with Crippen molar-refractivity contribution < 1.29 is 17.9 Å². The average molecular weight is 242 g/mol. The highest BCUT2D eigenvalue weighted by atomic mass is 19.4. The standard InChI is InChI=1S/C13H13F3O/c14-13(15,16)9-5-2-6-10-17-11-12-7-3-1-4-8-12/h1,3-4,7-8H,6,9-11H2. The van der Waals surface area contributed by atoms with Crippen LogP contribution in [-0.2, 0) is 11.3 Å². The molecule has 92 valence electrons. The Balaban J connectivity index is 2.09. The summed E-state index contributed by atoms with van der Waals surface area (Å²) in [5, 5.41) is 0. The second-order valence-electron chi connectivity index (χ2n) is 3.43. The highest BCUT2D eigenvalue weighted by Crippen LogP contribution is 2.17. The first-order valence-electron chi connectivity index (χ1n) is 5.22. The van der Waals surface area contributed by atoms with E-state index >= 15 is 0 Å². The van der Waals surface area contributed by atoms with E-state index in [9.17, 15) is 13.2 Å². The highest BCUT2D eigenvalue weighted by molar-refractivity contribution is 5.13. The van der Waals surface area contributed by atoms with E-state index in [4.69, 9.17) is 4.74 Å². The van der Waals surface area contributed by atoms with Gasteiger partial charge in [-0.25, -0.2) is 0 Å². The Hall–Kier alpha value is -1.47. The predicted octanol–water partition coefficient (Wildman–Crippen LogP) is 3.55. The smallest absolute Gasteiger partial charge is 0.376 e. The fourth-order valence-electron chi connectivity index (χ4n) is 1.14. The van der Waals surface area contributed by atoms with Gasteiger partial charge >= 0.3 is 6.18 Å². The van der Waals surface area contributed by atoms with E-state index in [0.29, 0.717) is 19.6 Å². The maximum atomic E-state index is 11.7. The largest absolute Gasteiger partial charge is 0.399 e. The summed E-state index contributed by atoms with van der Waals surface area (Å²) in [6.45, 7) is 0.807. The molecule has 0 atom stereocenters. The molecule has 0 aliphatic rings. The number of halogens is 3. The number of hydrogen-bond donors (Lipinski definition) is 0. The van der Waals surface area contributed by atoms with Crippen LogP contribution in [-0.4, -0.2) is 12.8 Å². The molecule has 0 aliphatic heterocycles. The predicted molar refractivity (Wildman–Crippen MR) is 59.2 cm³/mol. The molecule has 0 heterocycles. The van der Waals surface area contributed by atoms with Gasteiger partial charge in [-0.3, -0.25) is 0 Å². The molecule has 0 saturated heterocycles. The van der Waals surface area contributed by atoms with Gasteiger partial charge in [-0.2, -0.15) is 13.2 Å². The molecule has 1 rings (SSSR count). The lowest BCUT2D eigenvalue weighted by Gasteiger charge is -2.01. The summed E-state index contributed by atoms with van der Waals surface area (Å²) >= 11 is 0. The van der Waals surface area contributed by atoms with Crippen molar-refractivity contribution in [3.8, 4) is 11.8 Å². The van der Waals surface area contributed by atoms with Crippen molar-refractivity contribution in [2.24, 2.45) is 0 Å². The minimum atomic E-state index is -4.20. The zero-order chi connectivity index (χ0) is 12.6. The second-order valence-corrected chi connectivity index (χ2v) is 3.43. The number of benzene rings is 1. The van der Waals surface area contributed by atoms with E-state index in [1.165, 1.54) is 0 Å². The Bertz CT molecular complexity index is 373. The Morgan fingerprint density at radius 1 is 1.06 bits per heavy atom. The molecule has 1 aromatic carbocycles. The van der Waals surface area contributed by atoms with E-state index in [-0.39, 0.29) is 0 Å². The monoisotopic (exact) mass is 242 g/mol. The summed E-state index contributed by atoms with van der Waals surface area (Å²) in [5.74, 6) is 4.50. The molecule has 17 heavy (non-hydrogen) atoms. The van der Waals surface area contributed by atoms with Crippen LogP contribution in [0.25, 0.3) is 0 Å². The van der Waals surface area contributed by atoms with Crippen LogP contribution in [0.1, 0.15) is 18.4 Å². The first kappa shape index (κ1) is 13.6. The zero-order valence-corrected chi connectivity index (χ0v) is 9.26. The van der Waals surface area contributed by atoms with Crippen LogP contribution in [0.2, 0.25) is 0 Å². The van der Waals surface area contributed by atoms with E-state index in [2.05, 4.69) is 11.8 Å². The number of ether oxygens (including phenoxy) is 1. The molecule has 0 aromatic heterocycles. The summed E-state index contributed by atoms with van der Waals surface area (Å²) < 4.78 is 40.4. The summed E-state index contributed by atoms with van der Waals surface area (Å²) in [6, 6.07) is 9.57. The van der Waals surface area contributed by atoms with Crippen molar-refractivity contribution in [2.45, 2.75) is 25.6 Å². The molecular weight excluding hydrogens is 229 g/mol. The maximum Gasteiger partial charge on any atom is 0.399 e. The van der Waals surface area contributed by atoms with Gasteiger partial charge in [0.2, 0.25) is 0 Å². The van der Waals surface area contributed by atoms with E-state index in [1.54, 1.807) is 0 Å². The molecule has 0 unspecified atom stereocenters. The van der Waals surface area contributed by atoms with Crippen molar-refractivity contribution in [3.05, 3.63) is 35.9 Å². The molecule has 1 nitrogen and oxygen atoms in total. The molecule has 0 aliphatic carbocycles. The van der Waals surface area contributed by atoms with E-state index < -0.39 is 12.6 Å². The molecule has 0 spiro atoms. The van der Waals surface area contributed by atoms with Gasteiger partial charge in [0.25, 0.3) is 0 Å². The lowest BCUT2D eigenvalue weighted by molar-refractivity contribution is -0.123. The van der Waals surface area contributed by atoms with E-state index in [1.807, 2.05) is 30.3 Å². The number of alkyl halides is 3. The van der Waals surface area contributed by atoms with Crippen molar-refractivity contribution in [1.29, 1.82) is 0 Å². The highest BCUT2D eigenvalue weighted by Gasteiger charge is 2.24. The van der Waals surface area contributed by atoms with Gasteiger partial charge in [0.1, 0.15) is 6.42 Å². The van der Waals surface area contributed by atoms with Crippen LogP contribution in [0.15, 0.2) is 30.3 Å². The zero-order valence-electron chi connectivity index (χ0n) is 9.26. The normalized spacial score (nSPS) is 10.8. The molecular formula is C13H13F3O. The first-order chi connectivity index (χ1) is 8.08. The summed E-state index contributed by atoms with van der Waals surface area (Å²) in [5.41, 5.74) is 1.04. The lowest BCUT2D eigenvalue weighted by Crippen LogP contribution is -2.04.